The molecule has 0 aromatic rings. The Balaban J connectivity index is 5.89. The number of rotatable bonds is 9. The van der Waals surface area contributed by atoms with E-state index in [2.05, 4.69) is 0 Å². The highest BCUT2D eigenvalue weighted by Gasteiger charge is 2.51. The first-order valence-corrected chi connectivity index (χ1v) is 20.7. The van der Waals surface area contributed by atoms with Crippen molar-refractivity contribution in [2.45, 2.75) is 84.0 Å². The van der Waals surface area contributed by atoms with Gasteiger partial charge >= 0.3 is 15.0 Å². The van der Waals surface area contributed by atoms with Gasteiger partial charge in [-0.2, -0.15) is 13.2 Å². The summed E-state index contributed by atoms with van der Waals surface area (Å²) in [6.07, 6.45) is -3.98. The Hall–Kier alpha value is 0.238. The van der Waals surface area contributed by atoms with Crippen LogP contribution in [0.2, 0.25) is 58.9 Å². The minimum Gasteiger partial charge on any atom is -0.414 e. The van der Waals surface area contributed by atoms with Crippen molar-refractivity contribution in [2.75, 3.05) is 0 Å². The number of alkyl halides is 3. The van der Waals surface area contributed by atoms with Gasteiger partial charge in [0.15, 0.2) is 30.6 Å². The van der Waals surface area contributed by atoms with Crippen LogP contribution in [0.1, 0.15) is 13.3 Å². The minimum atomic E-state index is -4.71. The van der Waals surface area contributed by atoms with Crippen molar-refractivity contribution < 1.29 is 30.6 Å². The van der Waals surface area contributed by atoms with Gasteiger partial charge in [0.1, 0.15) is 0 Å². The summed E-state index contributed by atoms with van der Waals surface area (Å²) in [6, 6.07) is 0. The van der Waals surface area contributed by atoms with E-state index >= 15 is 0 Å². The van der Waals surface area contributed by atoms with E-state index in [9.17, 15) is 18.3 Å². The molecule has 26 heavy (non-hydrogen) atoms. The summed E-state index contributed by atoms with van der Waals surface area (Å²) in [4.78, 5) is 0. The van der Waals surface area contributed by atoms with E-state index in [4.69, 9.17) is 12.3 Å². The van der Waals surface area contributed by atoms with Crippen molar-refractivity contribution in [3.05, 3.63) is 11.8 Å². The molecule has 0 heterocycles. The van der Waals surface area contributed by atoms with Crippen LogP contribution in [0.4, 0.5) is 13.2 Å². The summed E-state index contributed by atoms with van der Waals surface area (Å²) in [5.41, 5.74) is -1.26. The third-order valence-electron chi connectivity index (χ3n) is 2.79. The molecule has 0 bridgehead atoms. The second kappa shape index (κ2) is 8.31. The van der Waals surface area contributed by atoms with Crippen LogP contribution in [0.5, 0.6) is 0 Å². The van der Waals surface area contributed by atoms with Crippen molar-refractivity contribution in [1.82, 2.24) is 0 Å². The molecule has 1 atom stereocenters. The number of halogens is 3. The Morgan fingerprint density at radius 2 is 1.08 bits per heavy atom. The first-order valence-electron chi connectivity index (χ1n) is 8.65. The average molecular weight is 449 g/mol. The lowest BCUT2D eigenvalue weighted by atomic mass is 10.0. The first-order chi connectivity index (χ1) is 11.1. The Labute approximate surface area is 160 Å². The molecule has 0 saturated heterocycles. The van der Waals surface area contributed by atoms with E-state index in [0.717, 1.165) is 6.92 Å². The van der Waals surface area contributed by atoms with Crippen LogP contribution in [0, 0.1) is 0 Å². The Bertz CT molecular complexity index is 448. The van der Waals surface area contributed by atoms with Crippen LogP contribution in [-0.2, 0) is 12.3 Å². The SMILES string of the molecule is CC(O)(C/C=C\[Si](O[Si](C)(C)C)(O[Si](C)(C)C)O[Si](C)(C)C)C(F)(F)F. The molecular formula is C15H35F3O4Si4. The lowest BCUT2D eigenvalue weighted by Gasteiger charge is -2.41. The third-order valence-corrected chi connectivity index (χ3v) is 14.2. The van der Waals surface area contributed by atoms with Crippen LogP contribution in [0.15, 0.2) is 11.8 Å². The van der Waals surface area contributed by atoms with E-state index in [-0.39, 0.29) is 0 Å². The van der Waals surface area contributed by atoms with Crippen LogP contribution in [-0.4, -0.2) is 50.6 Å². The highest BCUT2D eigenvalue weighted by Crippen LogP contribution is 2.34. The van der Waals surface area contributed by atoms with Gasteiger partial charge < -0.3 is 17.5 Å². The van der Waals surface area contributed by atoms with Crippen molar-refractivity contribution >= 4 is 33.8 Å². The molecule has 1 unspecified atom stereocenters. The summed E-state index contributed by atoms with van der Waals surface area (Å²) >= 11 is 0. The molecular weight excluding hydrogens is 413 g/mol. The number of hydrogen-bond acceptors (Lipinski definition) is 4. The molecule has 0 aromatic carbocycles. The maximum absolute atomic E-state index is 12.9. The molecule has 0 aliphatic rings. The van der Waals surface area contributed by atoms with Gasteiger partial charge in [0.05, 0.1) is 0 Å². The normalized spacial score (nSPS) is 17.6. The highest BCUT2D eigenvalue weighted by molar-refractivity contribution is 6.92. The molecule has 0 aliphatic carbocycles. The molecule has 1 N–H and O–H groups in total. The standard InChI is InChI=1S/C15H35F3O4Si4/c1-14(19,15(16,17)18)12-11-13-26(20-23(2,3)4,21-24(5,6)7)22-25(8,9)10/h11,13,19H,12H2,1-10H3/b13-11-. The third kappa shape index (κ3) is 10.5. The van der Waals surface area contributed by atoms with Gasteiger partial charge in [-0.1, -0.05) is 6.08 Å². The average Bonchev–Trinajstić information content (AvgIpc) is 2.17. The molecule has 0 aliphatic heterocycles. The van der Waals surface area contributed by atoms with Crippen LogP contribution < -0.4 is 0 Å². The molecule has 0 fully saturated rings. The predicted octanol–water partition coefficient (Wildman–Crippen LogP) is 5.28. The molecule has 156 valence electrons. The summed E-state index contributed by atoms with van der Waals surface area (Å²) in [5.74, 6) is 0. The fourth-order valence-electron chi connectivity index (χ4n) is 1.99. The van der Waals surface area contributed by atoms with Crippen LogP contribution in [0.25, 0.3) is 0 Å². The highest BCUT2D eigenvalue weighted by atomic mass is 28.5. The fraction of sp³-hybridized carbons (Fsp3) is 0.867. The monoisotopic (exact) mass is 448 g/mol. The molecule has 0 saturated carbocycles. The minimum absolute atomic E-state index is 0.579. The van der Waals surface area contributed by atoms with Crippen molar-refractivity contribution in [1.29, 1.82) is 0 Å². The van der Waals surface area contributed by atoms with Gasteiger partial charge in [-0.15, -0.1) is 0 Å². The van der Waals surface area contributed by atoms with E-state index in [1.807, 2.05) is 58.9 Å². The van der Waals surface area contributed by atoms with Crippen molar-refractivity contribution in [3.63, 3.8) is 0 Å². The maximum atomic E-state index is 12.9. The van der Waals surface area contributed by atoms with Gasteiger partial charge in [0.2, 0.25) is 0 Å². The zero-order chi connectivity index (χ0) is 21.2. The van der Waals surface area contributed by atoms with E-state index in [1.54, 1.807) is 5.70 Å². The summed E-state index contributed by atoms with van der Waals surface area (Å²) in [7, 11) is -9.65. The summed E-state index contributed by atoms with van der Waals surface area (Å²) < 4.78 is 57.8. The largest absolute Gasteiger partial charge is 0.497 e. The van der Waals surface area contributed by atoms with Crippen molar-refractivity contribution in [2.24, 2.45) is 0 Å². The van der Waals surface area contributed by atoms with E-state index < -0.39 is 52.0 Å². The van der Waals surface area contributed by atoms with E-state index in [0.29, 0.717) is 0 Å². The smallest absolute Gasteiger partial charge is 0.414 e. The molecule has 4 nitrogen and oxygen atoms in total. The lowest BCUT2D eigenvalue weighted by molar-refractivity contribution is -0.251. The predicted molar refractivity (Wildman–Crippen MR) is 109 cm³/mol. The van der Waals surface area contributed by atoms with Crippen LogP contribution >= 0.6 is 0 Å². The first kappa shape index (κ1) is 26.2. The van der Waals surface area contributed by atoms with Gasteiger partial charge in [0.25, 0.3) is 0 Å². The quantitative estimate of drug-likeness (QED) is 0.488. The second-order valence-corrected chi connectivity index (χ2v) is 26.3. The molecule has 0 amide bonds. The zero-order valence-corrected chi connectivity index (χ0v) is 21.7. The maximum Gasteiger partial charge on any atom is 0.497 e. The van der Waals surface area contributed by atoms with Crippen LogP contribution in [0.3, 0.4) is 0 Å². The zero-order valence-electron chi connectivity index (χ0n) is 17.7. The summed E-state index contributed by atoms with van der Waals surface area (Å²) in [5, 5.41) is 9.69. The molecule has 0 aromatic heterocycles. The Morgan fingerprint density at radius 1 is 0.769 bits per heavy atom. The lowest BCUT2D eigenvalue weighted by Crippen LogP contribution is -2.59. The van der Waals surface area contributed by atoms with Gasteiger partial charge in [-0.25, -0.2) is 0 Å². The van der Waals surface area contributed by atoms with Gasteiger partial charge in [-0.3, -0.25) is 0 Å². The molecule has 11 heteroatoms. The Kier molecular flexibility index (Phi) is 8.39. The number of aliphatic hydroxyl groups is 1. The Morgan fingerprint density at radius 3 is 1.31 bits per heavy atom. The molecule has 0 spiro atoms. The molecule has 0 radical (unpaired) electrons. The van der Waals surface area contributed by atoms with Gasteiger partial charge in [-0.05, 0) is 71.5 Å². The van der Waals surface area contributed by atoms with E-state index in [1.165, 1.54) is 6.08 Å². The topological polar surface area (TPSA) is 47.9 Å². The summed E-state index contributed by atoms with van der Waals surface area (Å²) in [6.45, 7) is 18.7. The fourth-order valence-corrected chi connectivity index (χ4v) is 15.1. The molecule has 0 rings (SSSR count). The van der Waals surface area contributed by atoms with Gasteiger partial charge in [0, 0.05) is 6.42 Å². The van der Waals surface area contributed by atoms with Crippen molar-refractivity contribution in [3.8, 4) is 0 Å². The second-order valence-electron chi connectivity index (χ2n) is 9.62. The number of hydrogen-bond donors (Lipinski definition) is 1.